The first kappa shape index (κ1) is 26.7. The number of hydrogen-bond acceptors (Lipinski definition) is 7. The number of carbonyl (C=O) groups is 1. The predicted octanol–water partition coefficient (Wildman–Crippen LogP) is 5.12. The van der Waals surface area contributed by atoms with Gasteiger partial charge in [0, 0.05) is 18.7 Å². The Labute approximate surface area is 205 Å². The number of nitrogens with zero attached hydrogens (tertiary/aromatic N) is 3. The van der Waals surface area contributed by atoms with Crippen LogP contribution in [0, 0.1) is 0 Å². The highest BCUT2D eigenvalue weighted by Gasteiger charge is 2.23. The van der Waals surface area contributed by atoms with Crippen LogP contribution in [0.2, 0.25) is 0 Å². The van der Waals surface area contributed by atoms with Gasteiger partial charge in [-0.1, -0.05) is 11.3 Å². The number of ether oxygens (including phenoxy) is 3. The zero-order valence-electron chi connectivity index (χ0n) is 19.8. The third-order valence-electron chi connectivity index (χ3n) is 4.70. The highest BCUT2D eigenvalue weighted by molar-refractivity contribution is 7.22. The molecule has 1 amide bonds. The molecule has 0 aliphatic carbocycles. The van der Waals surface area contributed by atoms with Crippen LogP contribution in [0.4, 0.5) is 5.13 Å². The van der Waals surface area contributed by atoms with E-state index in [4.69, 9.17) is 19.2 Å². The number of amides is 1. The Balaban J connectivity index is 0.00000385. The average Bonchev–Trinajstić information content (AvgIpc) is 3.18. The number of anilines is 1. The second kappa shape index (κ2) is 12.6. The molecule has 0 fully saturated rings. The van der Waals surface area contributed by atoms with Gasteiger partial charge in [-0.05, 0) is 71.3 Å². The van der Waals surface area contributed by atoms with Crippen LogP contribution >= 0.6 is 23.7 Å². The van der Waals surface area contributed by atoms with Crippen LogP contribution in [0.15, 0.2) is 36.4 Å². The van der Waals surface area contributed by atoms with E-state index < -0.39 is 0 Å². The monoisotopic (exact) mass is 493 g/mol. The van der Waals surface area contributed by atoms with Gasteiger partial charge >= 0.3 is 0 Å². The number of fused-ring (bicyclic) bond motifs is 1. The molecule has 0 spiro atoms. The maximum Gasteiger partial charge on any atom is 0.260 e. The molecule has 0 N–H and O–H groups in total. The molecule has 0 radical (unpaired) electrons. The topological polar surface area (TPSA) is 64.1 Å². The maximum absolute atomic E-state index is 13.6. The number of thiazole rings is 1. The van der Waals surface area contributed by atoms with Crippen molar-refractivity contribution in [2.24, 2.45) is 0 Å². The Kier molecular flexibility index (Phi) is 10.2. The predicted molar refractivity (Wildman–Crippen MR) is 137 cm³/mol. The Hall–Kier alpha value is -2.55. The third-order valence-corrected chi connectivity index (χ3v) is 5.74. The van der Waals surface area contributed by atoms with Crippen molar-refractivity contribution in [1.82, 2.24) is 9.88 Å². The van der Waals surface area contributed by atoms with E-state index in [1.165, 1.54) is 11.3 Å². The molecule has 0 atom stereocenters. The molecule has 0 saturated heterocycles. The molecule has 9 heteroatoms. The summed E-state index contributed by atoms with van der Waals surface area (Å²) < 4.78 is 18.0. The van der Waals surface area contributed by atoms with Crippen molar-refractivity contribution in [2.75, 3.05) is 51.9 Å². The zero-order valence-corrected chi connectivity index (χ0v) is 21.4. The van der Waals surface area contributed by atoms with Gasteiger partial charge in [0.2, 0.25) is 0 Å². The zero-order chi connectivity index (χ0) is 23.1. The van der Waals surface area contributed by atoms with Crippen LogP contribution in [-0.2, 0) is 0 Å². The van der Waals surface area contributed by atoms with Gasteiger partial charge in [0.15, 0.2) is 16.6 Å². The van der Waals surface area contributed by atoms with E-state index in [0.717, 1.165) is 16.0 Å². The van der Waals surface area contributed by atoms with E-state index in [-0.39, 0.29) is 18.3 Å². The fourth-order valence-corrected chi connectivity index (χ4v) is 4.21. The number of carbonyl (C=O) groups excluding carboxylic acids is 1. The van der Waals surface area contributed by atoms with Gasteiger partial charge in [0.1, 0.15) is 5.75 Å². The Morgan fingerprint density at radius 3 is 2.27 bits per heavy atom. The summed E-state index contributed by atoms with van der Waals surface area (Å²) in [7, 11) is 3.97. The Morgan fingerprint density at radius 2 is 1.61 bits per heavy atom. The summed E-state index contributed by atoms with van der Waals surface area (Å²) in [5.41, 5.74) is 1.38. The molecule has 1 heterocycles. The van der Waals surface area contributed by atoms with Crippen molar-refractivity contribution < 1.29 is 19.0 Å². The number of aromatic nitrogens is 1. The quantitative estimate of drug-likeness (QED) is 0.369. The van der Waals surface area contributed by atoms with Crippen LogP contribution in [0.1, 0.15) is 31.1 Å². The van der Waals surface area contributed by atoms with E-state index in [1.54, 1.807) is 23.1 Å². The molecular weight excluding hydrogens is 462 g/mol. The summed E-state index contributed by atoms with van der Waals surface area (Å²) in [6, 6.07) is 11.1. The summed E-state index contributed by atoms with van der Waals surface area (Å²) in [6.07, 6.45) is 0. The van der Waals surface area contributed by atoms with Crippen LogP contribution in [0.3, 0.4) is 0 Å². The molecule has 0 unspecified atom stereocenters. The van der Waals surface area contributed by atoms with Crippen molar-refractivity contribution in [3.63, 3.8) is 0 Å². The summed E-state index contributed by atoms with van der Waals surface area (Å²) in [5, 5.41) is 0.660. The molecule has 180 valence electrons. The van der Waals surface area contributed by atoms with Gasteiger partial charge < -0.3 is 19.1 Å². The van der Waals surface area contributed by atoms with Crippen molar-refractivity contribution in [1.29, 1.82) is 0 Å². The summed E-state index contributed by atoms with van der Waals surface area (Å²) in [4.78, 5) is 22.1. The van der Waals surface area contributed by atoms with E-state index in [0.29, 0.717) is 55.1 Å². The number of likely N-dealkylation sites (N-methyl/N-ethyl adjacent to an activating group) is 1. The first-order valence-electron chi connectivity index (χ1n) is 10.9. The van der Waals surface area contributed by atoms with Crippen molar-refractivity contribution >= 4 is 45.0 Å². The van der Waals surface area contributed by atoms with Gasteiger partial charge in [-0.15, -0.1) is 12.4 Å². The molecule has 7 nitrogen and oxygen atoms in total. The number of halogens is 1. The highest BCUT2D eigenvalue weighted by atomic mass is 35.5. The van der Waals surface area contributed by atoms with Crippen LogP contribution in [-0.4, -0.2) is 62.8 Å². The molecule has 33 heavy (non-hydrogen) atoms. The average molecular weight is 494 g/mol. The first-order valence-corrected chi connectivity index (χ1v) is 11.7. The molecule has 1 aromatic heterocycles. The van der Waals surface area contributed by atoms with E-state index >= 15 is 0 Å². The van der Waals surface area contributed by atoms with Crippen LogP contribution < -0.4 is 19.1 Å². The Bertz CT molecular complexity index is 1060. The summed E-state index contributed by atoms with van der Waals surface area (Å²) in [6.45, 7) is 8.62. The lowest BCUT2D eigenvalue weighted by molar-refractivity contribution is 0.0984. The lowest BCUT2D eigenvalue weighted by atomic mass is 10.1. The van der Waals surface area contributed by atoms with Crippen molar-refractivity contribution in [3.05, 3.63) is 42.0 Å². The second-order valence-corrected chi connectivity index (χ2v) is 8.36. The van der Waals surface area contributed by atoms with Gasteiger partial charge in [-0.2, -0.15) is 0 Å². The fourth-order valence-electron chi connectivity index (χ4n) is 3.19. The van der Waals surface area contributed by atoms with Crippen molar-refractivity contribution in [2.45, 2.75) is 20.8 Å². The van der Waals surface area contributed by atoms with Crippen molar-refractivity contribution in [3.8, 4) is 17.2 Å². The molecule has 3 aromatic rings. The number of hydrogen-bond donors (Lipinski definition) is 0. The molecule has 0 bridgehead atoms. The molecular formula is C24H32ClN3O4S. The fraction of sp³-hybridized carbons (Fsp3) is 0.417. The smallest absolute Gasteiger partial charge is 0.260 e. The van der Waals surface area contributed by atoms with Gasteiger partial charge in [0.25, 0.3) is 5.91 Å². The SMILES string of the molecule is CCOc1ccc2nc(N(CCN(C)C)C(=O)c3ccc(OCC)c(OCC)c3)sc2c1.Cl. The number of rotatable bonds is 11. The first-order chi connectivity index (χ1) is 15.5. The normalized spacial score (nSPS) is 10.7. The minimum atomic E-state index is -0.125. The minimum absolute atomic E-state index is 0. The summed E-state index contributed by atoms with van der Waals surface area (Å²) in [5.74, 6) is 1.88. The molecule has 0 aliphatic rings. The minimum Gasteiger partial charge on any atom is -0.494 e. The van der Waals surface area contributed by atoms with Crippen LogP contribution in [0.5, 0.6) is 17.2 Å². The second-order valence-electron chi connectivity index (χ2n) is 7.35. The highest BCUT2D eigenvalue weighted by Crippen LogP contribution is 2.34. The maximum atomic E-state index is 13.6. The summed E-state index contributed by atoms with van der Waals surface area (Å²) >= 11 is 1.49. The van der Waals surface area contributed by atoms with E-state index in [1.807, 2.05) is 58.0 Å². The van der Waals surface area contributed by atoms with Gasteiger partial charge in [0.05, 0.1) is 30.0 Å². The lowest BCUT2D eigenvalue weighted by Gasteiger charge is -2.22. The molecule has 2 aromatic carbocycles. The van der Waals surface area contributed by atoms with E-state index in [2.05, 4.69) is 0 Å². The van der Waals surface area contributed by atoms with Crippen LogP contribution in [0.25, 0.3) is 10.2 Å². The number of benzene rings is 2. The molecule has 0 saturated carbocycles. The standard InChI is InChI=1S/C24H31N3O4S.ClH/c1-6-29-18-10-11-19-22(16-18)32-24(25-19)27(14-13-26(4)5)23(28)17-9-12-20(30-7-2)21(15-17)31-8-3;/h9-12,15-16H,6-8,13-14H2,1-5H3;1H. The molecule has 3 rings (SSSR count). The van der Waals surface area contributed by atoms with E-state index in [9.17, 15) is 4.79 Å². The third kappa shape index (κ3) is 6.72. The van der Waals surface area contributed by atoms with Gasteiger partial charge in [-0.3, -0.25) is 9.69 Å². The molecule has 0 aliphatic heterocycles. The largest absolute Gasteiger partial charge is 0.494 e. The van der Waals surface area contributed by atoms with Gasteiger partial charge in [-0.25, -0.2) is 4.98 Å². The Morgan fingerprint density at radius 1 is 0.909 bits per heavy atom. The lowest BCUT2D eigenvalue weighted by Crippen LogP contribution is -2.36.